The van der Waals surface area contributed by atoms with Crippen molar-refractivity contribution in [3.63, 3.8) is 0 Å². The Bertz CT molecular complexity index is 796. The van der Waals surface area contributed by atoms with Gasteiger partial charge in [0, 0.05) is 10.8 Å². The molecular formula is C10H7ClN3O3S+. The zero-order valence-corrected chi connectivity index (χ0v) is 10.4. The molecule has 0 heterocycles. The fourth-order valence-corrected chi connectivity index (χ4v) is 3.04. The van der Waals surface area contributed by atoms with Crippen LogP contribution in [-0.4, -0.2) is 13.5 Å². The summed E-state index contributed by atoms with van der Waals surface area (Å²) in [6.07, 6.45) is 0. The predicted molar refractivity (Wildman–Crippen MR) is 66.7 cm³/mol. The SMILES string of the molecule is N#[N+]c1c(S(N)(=O)=O)c(Cl)c2ccccc2c1O. The molecule has 2 aromatic rings. The third-order valence-electron chi connectivity index (χ3n) is 2.44. The highest BCUT2D eigenvalue weighted by atomic mass is 35.5. The van der Waals surface area contributed by atoms with E-state index in [0.29, 0.717) is 5.39 Å². The van der Waals surface area contributed by atoms with Crippen molar-refractivity contribution in [3.8, 4) is 5.75 Å². The van der Waals surface area contributed by atoms with Gasteiger partial charge in [0.1, 0.15) is 0 Å². The Morgan fingerprint density at radius 1 is 1.28 bits per heavy atom. The highest BCUT2D eigenvalue weighted by Crippen LogP contribution is 2.45. The van der Waals surface area contributed by atoms with Gasteiger partial charge in [-0.1, -0.05) is 35.9 Å². The van der Waals surface area contributed by atoms with Gasteiger partial charge in [-0.3, -0.25) is 0 Å². The average molecular weight is 285 g/mol. The summed E-state index contributed by atoms with van der Waals surface area (Å²) in [5.41, 5.74) is -0.568. The van der Waals surface area contributed by atoms with E-state index >= 15 is 0 Å². The Morgan fingerprint density at radius 3 is 2.33 bits per heavy atom. The van der Waals surface area contributed by atoms with E-state index in [1.807, 2.05) is 0 Å². The molecule has 0 radical (unpaired) electrons. The number of primary sulfonamides is 1. The molecule has 0 aliphatic heterocycles. The van der Waals surface area contributed by atoms with Gasteiger partial charge in [-0.15, -0.1) is 0 Å². The van der Waals surface area contributed by atoms with Gasteiger partial charge in [0.05, 0.1) is 5.02 Å². The van der Waals surface area contributed by atoms with Crippen LogP contribution in [-0.2, 0) is 10.0 Å². The van der Waals surface area contributed by atoms with Crippen LogP contribution in [0.15, 0.2) is 29.2 Å². The number of nitrogens with zero attached hydrogens (tertiary/aromatic N) is 2. The van der Waals surface area contributed by atoms with Crippen molar-refractivity contribution in [2.24, 2.45) is 5.14 Å². The number of phenolic OH excluding ortho intramolecular Hbond substituents is 1. The van der Waals surface area contributed by atoms with Gasteiger partial charge in [-0.2, -0.15) is 0 Å². The van der Waals surface area contributed by atoms with E-state index in [4.69, 9.17) is 22.1 Å². The van der Waals surface area contributed by atoms with Gasteiger partial charge in [0.2, 0.25) is 26.1 Å². The Morgan fingerprint density at radius 2 is 1.83 bits per heavy atom. The van der Waals surface area contributed by atoms with E-state index in [1.165, 1.54) is 12.1 Å². The van der Waals surface area contributed by atoms with Crippen LogP contribution in [0.2, 0.25) is 5.02 Å². The second-order valence-electron chi connectivity index (χ2n) is 3.53. The summed E-state index contributed by atoms with van der Waals surface area (Å²) in [7, 11) is -4.24. The number of hydrogen-bond donors (Lipinski definition) is 2. The summed E-state index contributed by atoms with van der Waals surface area (Å²) in [6.45, 7) is 0. The maximum absolute atomic E-state index is 11.4. The van der Waals surface area contributed by atoms with Gasteiger partial charge in [-0.05, 0) is 0 Å². The highest BCUT2D eigenvalue weighted by Gasteiger charge is 2.34. The third kappa shape index (κ3) is 1.76. The van der Waals surface area contributed by atoms with Crippen LogP contribution in [0.3, 0.4) is 0 Å². The summed E-state index contributed by atoms with van der Waals surface area (Å²) in [6, 6.07) is 6.28. The molecule has 0 spiro atoms. The van der Waals surface area contributed by atoms with E-state index in [-0.39, 0.29) is 10.4 Å². The summed E-state index contributed by atoms with van der Waals surface area (Å²) in [4.78, 5) is 2.15. The quantitative estimate of drug-likeness (QED) is 0.783. The topological polar surface area (TPSA) is 109 Å². The molecular weight excluding hydrogens is 278 g/mol. The van der Waals surface area contributed by atoms with Crippen LogP contribution in [0.4, 0.5) is 5.69 Å². The molecule has 0 aliphatic rings. The molecule has 8 heteroatoms. The normalized spacial score (nSPS) is 11.4. The van der Waals surface area contributed by atoms with Crippen molar-refractivity contribution < 1.29 is 13.5 Å². The second-order valence-corrected chi connectivity index (χ2v) is 5.41. The molecule has 0 bridgehead atoms. The molecule has 6 nitrogen and oxygen atoms in total. The number of benzene rings is 2. The molecule has 18 heavy (non-hydrogen) atoms. The lowest BCUT2D eigenvalue weighted by atomic mass is 10.1. The lowest BCUT2D eigenvalue weighted by Crippen LogP contribution is -2.13. The summed E-state index contributed by atoms with van der Waals surface area (Å²) in [5.74, 6) is -0.499. The summed E-state index contributed by atoms with van der Waals surface area (Å²) in [5, 5.41) is 24.1. The molecule has 0 atom stereocenters. The minimum absolute atomic E-state index is 0.196. The van der Waals surface area contributed by atoms with Crippen molar-refractivity contribution >= 4 is 38.1 Å². The monoisotopic (exact) mass is 284 g/mol. The number of rotatable bonds is 1. The standard InChI is InChI=1S/C10H6ClN3O3S/c11-7-5-3-1-2-4-6(5)9(15)8(14-12)10(7)18(13,16)17/h1-4H,(H2-,13,15,16,17)/p+1. The van der Waals surface area contributed by atoms with Crippen molar-refractivity contribution in [1.82, 2.24) is 0 Å². The van der Waals surface area contributed by atoms with Crippen LogP contribution < -0.4 is 5.14 Å². The molecule has 0 aromatic heterocycles. The summed E-state index contributed by atoms with van der Waals surface area (Å²) >= 11 is 5.94. The van der Waals surface area contributed by atoms with E-state index in [9.17, 15) is 13.5 Å². The maximum atomic E-state index is 11.4. The smallest absolute Gasteiger partial charge is 0.448 e. The number of diazo groups is 1. The van der Waals surface area contributed by atoms with Gasteiger partial charge >= 0.3 is 5.69 Å². The van der Waals surface area contributed by atoms with Crippen LogP contribution in [0.5, 0.6) is 5.75 Å². The fraction of sp³-hybridized carbons (Fsp3) is 0. The number of fused-ring (bicyclic) bond motifs is 1. The Hall–Kier alpha value is -1.88. The molecule has 2 aromatic carbocycles. The predicted octanol–water partition coefficient (Wildman–Crippen LogP) is 2.33. The first-order valence-corrected chi connectivity index (χ1v) is 6.61. The van der Waals surface area contributed by atoms with Crippen LogP contribution >= 0.6 is 11.6 Å². The molecule has 0 amide bonds. The zero-order chi connectivity index (χ0) is 13.5. The fourth-order valence-electron chi connectivity index (χ4n) is 1.69. The van der Waals surface area contributed by atoms with E-state index in [1.54, 1.807) is 12.1 Å². The van der Waals surface area contributed by atoms with E-state index in [2.05, 4.69) is 4.98 Å². The van der Waals surface area contributed by atoms with Crippen molar-refractivity contribution in [2.75, 3.05) is 0 Å². The van der Waals surface area contributed by atoms with E-state index in [0.717, 1.165) is 0 Å². The lowest BCUT2D eigenvalue weighted by Gasteiger charge is -2.05. The van der Waals surface area contributed by atoms with Gasteiger partial charge in [0.15, 0.2) is 4.98 Å². The molecule has 92 valence electrons. The maximum Gasteiger partial charge on any atom is 0.448 e. The van der Waals surface area contributed by atoms with Crippen LogP contribution in [0.1, 0.15) is 0 Å². The number of nitrogens with two attached hydrogens (primary N) is 1. The molecule has 0 aliphatic carbocycles. The van der Waals surface area contributed by atoms with Gasteiger partial charge < -0.3 is 5.11 Å². The highest BCUT2D eigenvalue weighted by molar-refractivity contribution is 7.89. The minimum atomic E-state index is -4.24. The number of aromatic hydroxyl groups is 1. The Kier molecular flexibility index (Phi) is 2.86. The second kappa shape index (κ2) is 4.10. The van der Waals surface area contributed by atoms with Gasteiger partial charge in [-0.25, -0.2) is 13.6 Å². The first kappa shape index (κ1) is 12.6. The summed E-state index contributed by atoms with van der Waals surface area (Å²) < 4.78 is 22.9. The molecule has 0 saturated heterocycles. The molecule has 0 unspecified atom stereocenters. The van der Waals surface area contributed by atoms with E-state index < -0.39 is 26.4 Å². The van der Waals surface area contributed by atoms with Crippen molar-refractivity contribution in [1.29, 1.82) is 5.39 Å². The number of hydrogen-bond acceptors (Lipinski definition) is 4. The first-order valence-electron chi connectivity index (χ1n) is 4.69. The first-order chi connectivity index (χ1) is 8.38. The number of halogens is 1. The minimum Gasteiger partial charge on any atom is -0.501 e. The molecule has 0 fully saturated rings. The van der Waals surface area contributed by atoms with Crippen molar-refractivity contribution in [3.05, 3.63) is 34.3 Å². The molecule has 3 N–H and O–H groups in total. The van der Waals surface area contributed by atoms with Gasteiger partial charge in [0.25, 0.3) is 0 Å². The largest absolute Gasteiger partial charge is 0.501 e. The number of sulfonamides is 1. The van der Waals surface area contributed by atoms with Crippen molar-refractivity contribution in [2.45, 2.75) is 4.90 Å². The van der Waals surface area contributed by atoms with Crippen LogP contribution in [0.25, 0.3) is 15.7 Å². The lowest BCUT2D eigenvalue weighted by molar-refractivity contribution is 0.483. The third-order valence-corrected chi connectivity index (χ3v) is 3.91. The average Bonchev–Trinajstić information content (AvgIpc) is 2.32. The zero-order valence-electron chi connectivity index (χ0n) is 8.83. The Labute approximate surface area is 107 Å². The Balaban J connectivity index is 3.14. The van der Waals surface area contributed by atoms with Crippen LogP contribution in [0, 0.1) is 5.39 Å². The molecule has 0 saturated carbocycles. The number of phenols is 1. The molecule has 2 rings (SSSR count).